The van der Waals surface area contributed by atoms with Crippen LogP contribution < -0.4 is 5.32 Å². The van der Waals surface area contributed by atoms with E-state index >= 15 is 0 Å². The van der Waals surface area contributed by atoms with Crippen molar-refractivity contribution in [2.24, 2.45) is 0 Å². The molecule has 0 bridgehead atoms. The van der Waals surface area contributed by atoms with E-state index in [9.17, 15) is 27.6 Å². The van der Waals surface area contributed by atoms with Crippen molar-refractivity contribution in [1.82, 2.24) is 9.55 Å². The number of aryl methyl sites for hydroxylation is 1. The Balaban J connectivity index is 1.44. The highest BCUT2D eigenvalue weighted by Gasteiger charge is 2.38. The average molecular weight is 481 g/mol. The quantitative estimate of drug-likeness (QED) is 0.541. The zero-order chi connectivity index (χ0) is 23.8. The van der Waals surface area contributed by atoms with E-state index in [4.69, 9.17) is 9.47 Å². The minimum Gasteiger partial charge on any atom is -0.465 e. The smallest absolute Gasteiger partial charge is 0.449 e. The van der Waals surface area contributed by atoms with Gasteiger partial charge < -0.3 is 19.4 Å². The first-order chi connectivity index (χ1) is 15.7. The van der Waals surface area contributed by atoms with Gasteiger partial charge >= 0.3 is 18.1 Å². The molecule has 174 valence electrons. The van der Waals surface area contributed by atoms with E-state index in [1.54, 1.807) is 0 Å². The van der Waals surface area contributed by atoms with Crippen LogP contribution >= 0.6 is 11.3 Å². The van der Waals surface area contributed by atoms with E-state index in [2.05, 4.69) is 10.3 Å². The number of methoxy groups -OCH3 is 1. The van der Waals surface area contributed by atoms with Crippen LogP contribution in [0.5, 0.6) is 0 Å². The number of thiophene rings is 1. The summed E-state index contributed by atoms with van der Waals surface area (Å²) in [5.74, 6) is -3.57. The number of hydrogen-bond acceptors (Lipinski definition) is 7. The van der Waals surface area contributed by atoms with Gasteiger partial charge in [0.05, 0.1) is 23.7 Å². The summed E-state index contributed by atoms with van der Waals surface area (Å²) in [6, 6.07) is 5.86. The summed E-state index contributed by atoms with van der Waals surface area (Å²) in [5, 5.41) is 2.84. The lowest BCUT2D eigenvalue weighted by molar-refractivity contribution is -0.152. The molecule has 0 saturated heterocycles. The fourth-order valence-corrected chi connectivity index (χ4v) is 5.04. The summed E-state index contributed by atoms with van der Waals surface area (Å²) in [6.07, 6.45) is -2.39. The minimum absolute atomic E-state index is 0.0800. The number of halogens is 3. The van der Waals surface area contributed by atoms with Gasteiger partial charge in [0, 0.05) is 4.88 Å². The summed E-state index contributed by atoms with van der Waals surface area (Å²) in [6.45, 7) is -1.50. The minimum atomic E-state index is -4.78. The molecule has 1 aliphatic carbocycles. The maximum Gasteiger partial charge on any atom is 0.449 e. The standard InChI is InChI=1S/C21H18F3N3O5S/c1-31-19(30)17-11-5-4-8-14(11)33-18(17)26-15(28)10-32-16(29)9-27-13-7-3-2-6-12(13)25-20(27)21(22,23)24/h2-3,6-7H,4-5,8-10H2,1H3,(H,26,28). The Morgan fingerprint density at radius 1 is 1.21 bits per heavy atom. The van der Waals surface area contributed by atoms with Gasteiger partial charge in [-0.15, -0.1) is 11.3 Å². The second-order valence-corrected chi connectivity index (χ2v) is 8.38. The van der Waals surface area contributed by atoms with Crippen molar-refractivity contribution in [1.29, 1.82) is 0 Å². The first-order valence-corrected chi connectivity index (χ1v) is 10.7. The van der Waals surface area contributed by atoms with Crippen LogP contribution in [0.1, 0.15) is 33.0 Å². The third kappa shape index (κ3) is 4.56. The summed E-state index contributed by atoms with van der Waals surface area (Å²) in [4.78, 5) is 41.2. The van der Waals surface area contributed by atoms with Crippen molar-refractivity contribution < 1.29 is 37.0 Å². The number of esters is 2. The van der Waals surface area contributed by atoms with Crippen LogP contribution in [0.2, 0.25) is 0 Å². The number of carbonyl (C=O) groups is 3. The summed E-state index contributed by atoms with van der Waals surface area (Å²) >= 11 is 1.25. The average Bonchev–Trinajstić information content (AvgIpc) is 3.45. The summed E-state index contributed by atoms with van der Waals surface area (Å²) < 4.78 is 50.5. The number of alkyl halides is 3. The number of nitrogens with zero attached hydrogens (tertiary/aromatic N) is 2. The topological polar surface area (TPSA) is 99.5 Å². The number of anilines is 1. The Bertz CT molecular complexity index is 1250. The number of benzene rings is 1. The van der Waals surface area contributed by atoms with Crippen LogP contribution in [0.25, 0.3) is 11.0 Å². The van der Waals surface area contributed by atoms with Gasteiger partial charge in [-0.1, -0.05) is 12.1 Å². The van der Waals surface area contributed by atoms with Crippen LogP contribution in [0.3, 0.4) is 0 Å². The van der Waals surface area contributed by atoms with Gasteiger partial charge in [0.2, 0.25) is 5.82 Å². The monoisotopic (exact) mass is 481 g/mol. The number of para-hydroxylation sites is 2. The van der Waals surface area contributed by atoms with Gasteiger partial charge in [-0.3, -0.25) is 9.59 Å². The lowest BCUT2D eigenvalue weighted by atomic mass is 10.1. The summed E-state index contributed by atoms with van der Waals surface area (Å²) in [5.41, 5.74) is 1.32. The van der Waals surface area contributed by atoms with Crippen molar-refractivity contribution in [3.05, 3.63) is 46.1 Å². The molecular formula is C21H18F3N3O5S. The maximum absolute atomic E-state index is 13.4. The molecule has 0 radical (unpaired) electrons. The molecule has 0 aliphatic heterocycles. The van der Waals surface area contributed by atoms with E-state index < -0.39 is 43.0 Å². The molecule has 2 heterocycles. The van der Waals surface area contributed by atoms with Gasteiger partial charge in [0.25, 0.3) is 5.91 Å². The number of nitrogens with one attached hydrogen (secondary N) is 1. The van der Waals surface area contributed by atoms with E-state index in [-0.39, 0.29) is 16.6 Å². The molecule has 33 heavy (non-hydrogen) atoms. The molecule has 1 amide bonds. The molecule has 4 rings (SSSR count). The predicted octanol–water partition coefficient (Wildman–Crippen LogP) is 3.57. The Hall–Kier alpha value is -3.41. The van der Waals surface area contributed by atoms with E-state index in [0.29, 0.717) is 16.0 Å². The van der Waals surface area contributed by atoms with Crippen molar-refractivity contribution in [2.75, 3.05) is 19.0 Å². The number of amides is 1. The van der Waals surface area contributed by atoms with Gasteiger partial charge in [0.1, 0.15) is 11.5 Å². The fraction of sp³-hybridized carbons (Fsp3) is 0.333. The Morgan fingerprint density at radius 2 is 1.97 bits per heavy atom. The summed E-state index contributed by atoms with van der Waals surface area (Å²) in [7, 11) is 1.24. The molecule has 1 aromatic carbocycles. The SMILES string of the molecule is COC(=O)c1c(NC(=O)COC(=O)Cn2c(C(F)(F)F)nc3ccccc32)sc2c1CCC2. The fourth-order valence-electron chi connectivity index (χ4n) is 3.75. The van der Waals surface area contributed by atoms with Crippen molar-refractivity contribution in [3.8, 4) is 0 Å². The molecular weight excluding hydrogens is 463 g/mol. The van der Waals surface area contributed by atoms with Gasteiger partial charge in [-0.2, -0.15) is 13.2 Å². The number of carbonyl (C=O) groups excluding carboxylic acids is 3. The highest BCUT2D eigenvalue weighted by molar-refractivity contribution is 7.17. The van der Waals surface area contributed by atoms with Crippen molar-refractivity contribution in [2.45, 2.75) is 32.0 Å². The molecule has 0 unspecified atom stereocenters. The van der Waals surface area contributed by atoms with Crippen molar-refractivity contribution >= 4 is 45.2 Å². The van der Waals surface area contributed by atoms with E-state index in [1.165, 1.54) is 42.7 Å². The zero-order valence-corrected chi connectivity index (χ0v) is 18.1. The molecule has 0 fully saturated rings. The second kappa shape index (κ2) is 8.85. The Morgan fingerprint density at radius 3 is 2.70 bits per heavy atom. The molecule has 0 saturated carbocycles. The van der Waals surface area contributed by atoms with Gasteiger partial charge in [0.15, 0.2) is 6.61 Å². The number of ether oxygens (including phenoxy) is 2. The molecule has 12 heteroatoms. The highest BCUT2D eigenvalue weighted by Crippen LogP contribution is 2.39. The Labute approximate surface area is 189 Å². The predicted molar refractivity (Wildman–Crippen MR) is 112 cm³/mol. The highest BCUT2D eigenvalue weighted by atomic mass is 32.1. The van der Waals surface area contributed by atoms with Crippen LogP contribution in [0.4, 0.5) is 18.2 Å². The van der Waals surface area contributed by atoms with Crippen LogP contribution in [-0.2, 0) is 44.6 Å². The molecule has 0 atom stereocenters. The lowest BCUT2D eigenvalue weighted by Gasteiger charge is -2.11. The van der Waals surface area contributed by atoms with E-state index in [0.717, 1.165) is 23.3 Å². The molecule has 3 aromatic rings. The normalized spacial score (nSPS) is 13.1. The number of hydrogen-bond donors (Lipinski definition) is 1. The van der Waals surface area contributed by atoms with Crippen LogP contribution in [0.15, 0.2) is 24.3 Å². The third-order valence-electron chi connectivity index (χ3n) is 5.12. The number of aromatic nitrogens is 2. The molecule has 1 N–H and O–H groups in total. The maximum atomic E-state index is 13.4. The first-order valence-electron chi connectivity index (χ1n) is 9.89. The van der Waals surface area contributed by atoms with E-state index in [1.807, 2.05) is 0 Å². The molecule has 1 aliphatic rings. The lowest BCUT2D eigenvalue weighted by Crippen LogP contribution is -2.25. The number of rotatable bonds is 6. The van der Waals surface area contributed by atoms with Crippen LogP contribution in [-0.4, -0.2) is 41.1 Å². The van der Waals surface area contributed by atoms with Crippen molar-refractivity contribution in [3.63, 3.8) is 0 Å². The van der Waals surface area contributed by atoms with Gasteiger partial charge in [-0.05, 0) is 37.0 Å². The second-order valence-electron chi connectivity index (χ2n) is 7.27. The molecule has 0 spiro atoms. The zero-order valence-electron chi connectivity index (χ0n) is 17.3. The first kappa shape index (κ1) is 22.8. The largest absolute Gasteiger partial charge is 0.465 e. The Kier molecular flexibility index (Phi) is 6.11. The van der Waals surface area contributed by atoms with Gasteiger partial charge in [-0.25, -0.2) is 9.78 Å². The molecule has 2 aromatic heterocycles. The number of fused-ring (bicyclic) bond motifs is 2. The number of imidazole rings is 1. The molecule has 8 nitrogen and oxygen atoms in total. The van der Waals surface area contributed by atoms with Crippen LogP contribution in [0, 0.1) is 0 Å². The third-order valence-corrected chi connectivity index (χ3v) is 6.33.